The van der Waals surface area contributed by atoms with Crippen LogP contribution in [0, 0.1) is 9.39 Å². The van der Waals surface area contributed by atoms with Gasteiger partial charge in [0.1, 0.15) is 5.82 Å². The molecule has 0 aromatic heterocycles. The van der Waals surface area contributed by atoms with E-state index in [2.05, 4.69) is 38.5 Å². The average Bonchev–Trinajstić information content (AvgIpc) is 2.32. The average molecular weight is 406 g/mol. The van der Waals surface area contributed by atoms with Crippen molar-refractivity contribution in [3.8, 4) is 0 Å². The summed E-state index contributed by atoms with van der Waals surface area (Å²) in [5.41, 5.74) is 7.56. The lowest BCUT2D eigenvalue weighted by molar-refractivity contribution is 0.599. The molecule has 4 heteroatoms. The molecule has 0 aliphatic carbocycles. The van der Waals surface area contributed by atoms with Gasteiger partial charge in [-0.2, -0.15) is 0 Å². The zero-order valence-corrected chi connectivity index (χ0v) is 12.6. The van der Waals surface area contributed by atoms with Crippen LogP contribution in [0.15, 0.2) is 46.9 Å². The minimum atomic E-state index is -0.444. The molecule has 2 aromatic carbocycles. The van der Waals surface area contributed by atoms with Crippen LogP contribution in [0.4, 0.5) is 4.39 Å². The highest BCUT2D eigenvalue weighted by atomic mass is 127. The highest BCUT2D eigenvalue weighted by Gasteiger charge is 2.15. The second-order valence-electron chi connectivity index (χ2n) is 3.67. The molecule has 17 heavy (non-hydrogen) atoms. The van der Waals surface area contributed by atoms with Crippen LogP contribution in [0.5, 0.6) is 0 Å². The van der Waals surface area contributed by atoms with Crippen molar-refractivity contribution in [1.29, 1.82) is 0 Å². The standard InChI is InChI=1S/C13H10BrFIN/c14-8-5-6-12(16)10(7-8)13(17)9-3-1-2-4-11(9)15/h1-7,13H,17H2. The SMILES string of the molecule is NC(c1ccccc1F)c1cc(Br)ccc1I. The summed E-state index contributed by atoms with van der Waals surface area (Å²) < 4.78 is 15.6. The highest BCUT2D eigenvalue weighted by molar-refractivity contribution is 14.1. The van der Waals surface area contributed by atoms with E-state index in [0.29, 0.717) is 5.56 Å². The number of rotatable bonds is 2. The van der Waals surface area contributed by atoms with Crippen LogP contribution in [0.1, 0.15) is 17.2 Å². The van der Waals surface area contributed by atoms with E-state index in [0.717, 1.165) is 13.6 Å². The van der Waals surface area contributed by atoms with E-state index in [-0.39, 0.29) is 5.82 Å². The van der Waals surface area contributed by atoms with Crippen molar-refractivity contribution in [3.63, 3.8) is 0 Å². The van der Waals surface area contributed by atoms with Crippen molar-refractivity contribution in [3.05, 3.63) is 67.5 Å². The molecule has 0 amide bonds. The summed E-state index contributed by atoms with van der Waals surface area (Å²) in [6.07, 6.45) is 0. The fourth-order valence-corrected chi connectivity index (χ4v) is 2.70. The number of hydrogen-bond donors (Lipinski definition) is 1. The van der Waals surface area contributed by atoms with Gasteiger partial charge in [0.25, 0.3) is 0 Å². The minimum absolute atomic E-state index is 0.268. The second kappa shape index (κ2) is 5.46. The van der Waals surface area contributed by atoms with E-state index in [9.17, 15) is 4.39 Å². The van der Waals surface area contributed by atoms with Gasteiger partial charge in [0.05, 0.1) is 6.04 Å². The van der Waals surface area contributed by atoms with Gasteiger partial charge in [0, 0.05) is 13.6 Å². The van der Waals surface area contributed by atoms with Gasteiger partial charge in [0.15, 0.2) is 0 Å². The molecule has 1 atom stereocenters. The second-order valence-corrected chi connectivity index (χ2v) is 5.74. The molecule has 0 spiro atoms. The summed E-state index contributed by atoms with van der Waals surface area (Å²) in [7, 11) is 0. The third-order valence-electron chi connectivity index (χ3n) is 2.53. The molecule has 1 unspecified atom stereocenters. The molecule has 0 aliphatic heterocycles. The Morgan fingerprint density at radius 1 is 1.12 bits per heavy atom. The lowest BCUT2D eigenvalue weighted by Crippen LogP contribution is -2.14. The Morgan fingerprint density at radius 3 is 2.53 bits per heavy atom. The highest BCUT2D eigenvalue weighted by Crippen LogP contribution is 2.28. The van der Waals surface area contributed by atoms with Crippen molar-refractivity contribution in [2.24, 2.45) is 5.73 Å². The van der Waals surface area contributed by atoms with Crippen molar-refractivity contribution in [1.82, 2.24) is 0 Å². The van der Waals surface area contributed by atoms with E-state index < -0.39 is 6.04 Å². The van der Waals surface area contributed by atoms with Crippen molar-refractivity contribution < 1.29 is 4.39 Å². The number of benzene rings is 2. The molecule has 0 bridgehead atoms. The van der Waals surface area contributed by atoms with Crippen molar-refractivity contribution in [2.45, 2.75) is 6.04 Å². The summed E-state index contributed by atoms with van der Waals surface area (Å²) >= 11 is 5.61. The maximum atomic E-state index is 13.7. The molecule has 0 aliphatic rings. The Labute approximate surface area is 121 Å². The fourth-order valence-electron chi connectivity index (χ4n) is 1.65. The molecule has 0 radical (unpaired) electrons. The zero-order valence-electron chi connectivity index (χ0n) is 8.83. The number of nitrogens with two attached hydrogens (primary N) is 1. The Morgan fingerprint density at radius 2 is 1.82 bits per heavy atom. The summed E-state index contributed by atoms with van der Waals surface area (Å²) in [5.74, 6) is -0.268. The van der Waals surface area contributed by atoms with E-state index in [4.69, 9.17) is 5.73 Å². The van der Waals surface area contributed by atoms with Gasteiger partial charge in [-0.3, -0.25) is 0 Å². The first-order valence-electron chi connectivity index (χ1n) is 5.04. The van der Waals surface area contributed by atoms with Gasteiger partial charge in [-0.05, 0) is 52.4 Å². The number of hydrogen-bond acceptors (Lipinski definition) is 1. The molecular weight excluding hydrogens is 396 g/mol. The summed E-state index contributed by atoms with van der Waals surface area (Å²) in [6.45, 7) is 0. The predicted octanol–water partition coefficient (Wildman–Crippen LogP) is 4.24. The summed E-state index contributed by atoms with van der Waals surface area (Å²) in [4.78, 5) is 0. The molecule has 88 valence electrons. The normalized spacial score (nSPS) is 12.5. The first-order valence-corrected chi connectivity index (χ1v) is 6.91. The molecule has 2 rings (SSSR count). The summed E-state index contributed by atoms with van der Waals surface area (Å²) in [5, 5.41) is 0. The van der Waals surface area contributed by atoms with E-state index in [1.807, 2.05) is 18.2 Å². The van der Waals surface area contributed by atoms with Crippen molar-refractivity contribution >= 4 is 38.5 Å². The largest absolute Gasteiger partial charge is 0.320 e. The van der Waals surface area contributed by atoms with Crippen LogP contribution in [-0.4, -0.2) is 0 Å². The lowest BCUT2D eigenvalue weighted by atomic mass is 9.99. The lowest BCUT2D eigenvalue weighted by Gasteiger charge is -2.15. The van der Waals surface area contributed by atoms with Gasteiger partial charge in [-0.25, -0.2) is 4.39 Å². The predicted molar refractivity (Wildman–Crippen MR) is 79.3 cm³/mol. The van der Waals surface area contributed by atoms with Gasteiger partial charge in [-0.1, -0.05) is 34.1 Å². The Hall–Kier alpha value is -0.460. The molecule has 0 heterocycles. The third kappa shape index (κ3) is 2.86. The Bertz CT molecular complexity index is 545. The fraction of sp³-hybridized carbons (Fsp3) is 0.0769. The minimum Gasteiger partial charge on any atom is -0.320 e. The quantitative estimate of drug-likeness (QED) is 0.743. The van der Waals surface area contributed by atoms with E-state index >= 15 is 0 Å². The third-order valence-corrected chi connectivity index (χ3v) is 4.01. The van der Waals surface area contributed by atoms with Crippen LogP contribution in [0.25, 0.3) is 0 Å². The molecular formula is C13H10BrFIN. The monoisotopic (exact) mass is 405 g/mol. The molecule has 0 saturated heterocycles. The van der Waals surface area contributed by atoms with Crippen molar-refractivity contribution in [2.75, 3.05) is 0 Å². The molecule has 0 fully saturated rings. The van der Waals surface area contributed by atoms with E-state index in [1.165, 1.54) is 6.07 Å². The van der Waals surface area contributed by atoms with Crippen LogP contribution >= 0.6 is 38.5 Å². The maximum absolute atomic E-state index is 13.7. The Kier molecular flexibility index (Phi) is 4.17. The first kappa shape index (κ1) is 13.0. The van der Waals surface area contributed by atoms with Crippen LogP contribution < -0.4 is 5.73 Å². The first-order chi connectivity index (χ1) is 8.09. The smallest absolute Gasteiger partial charge is 0.128 e. The molecule has 2 aromatic rings. The molecule has 2 N–H and O–H groups in total. The van der Waals surface area contributed by atoms with Crippen LogP contribution in [0.2, 0.25) is 0 Å². The zero-order chi connectivity index (χ0) is 12.4. The van der Waals surface area contributed by atoms with Gasteiger partial charge >= 0.3 is 0 Å². The van der Waals surface area contributed by atoms with Crippen LogP contribution in [0.3, 0.4) is 0 Å². The molecule has 1 nitrogen and oxygen atoms in total. The summed E-state index contributed by atoms with van der Waals surface area (Å²) in [6, 6.07) is 12.0. The number of halogens is 3. The van der Waals surface area contributed by atoms with Gasteiger partial charge in [-0.15, -0.1) is 0 Å². The topological polar surface area (TPSA) is 26.0 Å². The van der Waals surface area contributed by atoms with Crippen LogP contribution in [-0.2, 0) is 0 Å². The Balaban J connectivity index is 2.47. The van der Waals surface area contributed by atoms with Gasteiger partial charge < -0.3 is 5.73 Å². The maximum Gasteiger partial charge on any atom is 0.128 e. The van der Waals surface area contributed by atoms with E-state index in [1.54, 1.807) is 18.2 Å². The molecule has 0 saturated carbocycles. The van der Waals surface area contributed by atoms with Gasteiger partial charge in [0.2, 0.25) is 0 Å².